The van der Waals surface area contributed by atoms with Crippen LogP contribution in [0, 0.1) is 17.8 Å². The second-order valence-corrected chi connectivity index (χ2v) is 13.5. The van der Waals surface area contributed by atoms with Crippen LogP contribution in [0.4, 0.5) is 0 Å². The summed E-state index contributed by atoms with van der Waals surface area (Å²) >= 11 is 0. The highest BCUT2D eigenvalue weighted by Crippen LogP contribution is 2.51. The molecular weight excluding hydrogens is 634 g/mol. The fraction of sp³-hybridized carbons (Fsp3) is 0.611. The zero-order chi connectivity index (χ0) is 35.4. The number of aliphatic hydroxyl groups excluding tert-OH is 4. The number of carbonyl (C=O) groups is 3. The molecule has 5 rings (SSSR count). The largest absolute Gasteiger partial charge is 0.511 e. The fourth-order valence-corrected chi connectivity index (χ4v) is 7.52. The minimum Gasteiger partial charge on any atom is -0.511 e. The number of hydrogen-bond donors (Lipinski definition) is 6. The molecule has 2 fully saturated rings. The highest BCUT2D eigenvalue weighted by molar-refractivity contribution is 6.19. The Morgan fingerprint density at radius 1 is 1.06 bits per heavy atom. The highest BCUT2D eigenvalue weighted by atomic mass is 16.7. The lowest BCUT2D eigenvalue weighted by atomic mass is 9.64. The number of unbranched alkanes of at least 4 members (excludes halogenated alkanes) is 5. The topological polar surface area (TPSA) is 210 Å². The summed E-state index contributed by atoms with van der Waals surface area (Å²) in [7, 11) is 1.38. The van der Waals surface area contributed by atoms with Gasteiger partial charge in [-0.25, -0.2) is 5.43 Å². The quantitative estimate of drug-likeness (QED) is 0.100. The number of ether oxygens (including phenoxy) is 3. The second kappa shape index (κ2) is 15.9. The number of rotatable bonds is 13. The van der Waals surface area contributed by atoms with Crippen LogP contribution in [0.2, 0.25) is 0 Å². The number of aliphatic hydroxyl groups is 4. The maximum atomic E-state index is 14.0. The molecule has 5 unspecified atom stereocenters. The summed E-state index contributed by atoms with van der Waals surface area (Å²) in [5.41, 5.74) is 9.38. The monoisotopic (exact) mass is 683 g/mol. The molecule has 0 spiro atoms. The van der Waals surface area contributed by atoms with Crippen LogP contribution in [0.25, 0.3) is 0 Å². The van der Waals surface area contributed by atoms with Crippen LogP contribution >= 0.6 is 0 Å². The van der Waals surface area contributed by atoms with Gasteiger partial charge in [0, 0.05) is 41.5 Å². The van der Waals surface area contributed by atoms with Crippen molar-refractivity contribution in [2.24, 2.45) is 28.6 Å². The summed E-state index contributed by atoms with van der Waals surface area (Å²) in [4.78, 5) is 40.4. The number of nitrogens with zero attached hydrogens (tertiary/aromatic N) is 1. The fourth-order valence-electron chi connectivity index (χ4n) is 7.52. The van der Waals surface area contributed by atoms with E-state index in [4.69, 9.17) is 19.9 Å². The predicted molar refractivity (Wildman–Crippen MR) is 179 cm³/mol. The van der Waals surface area contributed by atoms with Crippen LogP contribution in [0.1, 0.15) is 98.8 Å². The Morgan fingerprint density at radius 2 is 1.78 bits per heavy atom. The van der Waals surface area contributed by atoms with Gasteiger partial charge in [0.15, 0.2) is 17.9 Å². The lowest BCUT2D eigenvalue weighted by Crippen LogP contribution is -2.53. The van der Waals surface area contributed by atoms with Crippen molar-refractivity contribution in [3.05, 3.63) is 52.0 Å². The van der Waals surface area contributed by atoms with Crippen LogP contribution in [0.3, 0.4) is 0 Å². The molecule has 7 N–H and O–H groups in total. The third kappa shape index (κ3) is 7.46. The molecule has 0 radical (unpaired) electrons. The molecule has 1 heterocycles. The molecule has 1 aliphatic heterocycles. The van der Waals surface area contributed by atoms with Crippen molar-refractivity contribution < 1.29 is 49.0 Å². The Bertz CT molecular complexity index is 1510. The molecule has 8 atom stereocenters. The molecule has 1 aromatic rings. The molecular formula is C36H49N3O10. The van der Waals surface area contributed by atoms with Gasteiger partial charge in [-0.3, -0.25) is 14.4 Å². The van der Waals surface area contributed by atoms with Crippen molar-refractivity contribution in [1.82, 2.24) is 5.43 Å². The van der Waals surface area contributed by atoms with E-state index < -0.39 is 72.3 Å². The minimum absolute atomic E-state index is 0.0293. The zero-order valence-corrected chi connectivity index (χ0v) is 28.4. The first kappa shape index (κ1) is 36.7. The number of fused-ring (bicyclic) bond motifs is 3. The lowest BCUT2D eigenvalue weighted by molar-refractivity contribution is -0.236. The Morgan fingerprint density at radius 3 is 2.47 bits per heavy atom. The number of benzene rings is 1. The van der Waals surface area contributed by atoms with E-state index in [-0.39, 0.29) is 71.1 Å². The van der Waals surface area contributed by atoms with Crippen LogP contribution in [-0.2, 0) is 14.3 Å². The Hall–Kier alpha value is -3.62. The van der Waals surface area contributed by atoms with Gasteiger partial charge < -0.3 is 40.4 Å². The number of allylic oxidation sites excluding steroid dienone is 2. The third-order valence-corrected chi connectivity index (χ3v) is 10.2. The number of nitrogens with one attached hydrogen (secondary N) is 1. The third-order valence-electron chi connectivity index (χ3n) is 10.2. The lowest BCUT2D eigenvalue weighted by Gasteiger charge is -2.44. The molecule has 4 aliphatic rings. The zero-order valence-electron chi connectivity index (χ0n) is 28.4. The summed E-state index contributed by atoms with van der Waals surface area (Å²) in [6.45, 7) is 3.29. The average Bonchev–Trinajstić information content (AvgIpc) is 3.08. The summed E-state index contributed by atoms with van der Waals surface area (Å²) in [6.07, 6.45) is 3.19. The van der Waals surface area contributed by atoms with Gasteiger partial charge in [0.05, 0.1) is 55.1 Å². The predicted octanol–water partition coefficient (Wildman–Crippen LogP) is 3.78. The SMILES string of the molecule is CCCCCCCCC(=O)N/N=C(\CO)C1CC2=C(O)C3C(=O)c4cccc(OC)c4C(=O)C3C(O)=C2C(OC2C[C@H](N)[C@H](O)[C@H](C)O2)C1. The van der Waals surface area contributed by atoms with Gasteiger partial charge in [0.2, 0.25) is 5.91 Å². The van der Waals surface area contributed by atoms with Gasteiger partial charge in [0.1, 0.15) is 17.3 Å². The van der Waals surface area contributed by atoms with Gasteiger partial charge in [0.25, 0.3) is 0 Å². The number of ketones is 2. The molecule has 1 saturated heterocycles. The summed E-state index contributed by atoms with van der Waals surface area (Å²) in [6, 6.07) is 3.96. The van der Waals surface area contributed by atoms with Crippen LogP contribution < -0.4 is 15.9 Å². The van der Waals surface area contributed by atoms with Gasteiger partial charge in [-0.2, -0.15) is 5.10 Å². The van der Waals surface area contributed by atoms with Crippen molar-refractivity contribution in [3.8, 4) is 5.75 Å². The van der Waals surface area contributed by atoms with E-state index in [0.717, 1.165) is 32.1 Å². The molecule has 49 heavy (non-hydrogen) atoms. The first-order valence-corrected chi connectivity index (χ1v) is 17.3. The van der Waals surface area contributed by atoms with E-state index in [2.05, 4.69) is 17.5 Å². The Kier molecular flexibility index (Phi) is 11.9. The number of Topliss-reactive ketones (excluding diaryl/α,β-unsaturated/α-hetero) is 2. The molecule has 0 bridgehead atoms. The number of hydrazone groups is 1. The number of methoxy groups -OCH3 is 1. The number of nitrogens with two attached hydrogens (primary N) is 1. The van der Waals surface area contributed by atoms with Crippen LogP contribution in [0.15, 0.2) is 46.0 Å². The van der Waals surface area contributed by atoms with Gasteiger partial charge in [-0.15, -0.1) is 0 Å². The summed E-state index contributed by atoms with van der Waals surface area (Å²) < 4.78 is 17.7. The van der Waals surface area contributed by atoms with Crippen molar-refractivity contribution >= 4 is 23.2 Å². The summed E-state index contributed by atoms with van der Waals surface area (Å²) in [5, 5.41) is 48.6. The molecule has 1 aromatic carbocycles. The Labute approximate surface area is 286 Å². The van der Waals surface area contributed by atoms with Crippen molar-refractivity contribution in [1.29, 1.82) is 0 Å². The van der Waals surface area contributed by atoms with E-state index in [0.29, 0.717) is 6.42 Å². The van der Waals surface area contributed by atoms with Crippen molar-refractivity contribution in [2.75, 3.05) is 13.7 Å². The van der Waals surface area contributed by atoms with E-state index in [1.807, 2.05) is 0 Å². The van der Waals surface area contributed by atoms with E-state index >= 15 is 0 Å². The molecule has 0 aromatic heterocycles. The van der Waals surface area contributed by atoms with Crippen molar-refractivity contribution in [2.45, 2.75) is 109 Å². The molecule has 1 amide bonds. The van der Waals surface area contributed by atoms with Gasteiger partial charge in [-0.1, -0.05) is 51.2 Å². The first-order valence-electron chi connectivity index (χ1n) is 17.3. The minimum atomic E-state index is -1.42. The van der Waals surface area contributed by atoms with Crippen molar-refractivity contribution in [3.63, 3.8) is 0 Å². The first-order chi connectivity index (χ1) is 23.5. The maximum absolute atomic E-state index is 14.0. The Balaban J connectivity index is 1.47. The van der Waals surface area contributed by atoms with Gasteiger partial charge >= 0.3 is 0 Å². The number of amides is 1. The normalized spacial score (nSPS) is 30.1. The molecule has 13 heteroatoms. The maximum Gasteiger partial charge on any atom is 0.240 e. The average molecular weight is 684 g/mol. The standard InChI is InChI=1S/C36H49N3O10/c1-4-5-6-7-8-9-13-26(41)39-38-23(17-40)19-14-21-29(25(15-19)49-27-16-22(37)32(42)18(2)48-27)36(46)31-30(34(21)44)33(43)20-11-10-12-24(47-3)28(20)35(31)45/h10-12,18-19,22,25,27,30-32,40,42,44,46H,4-9,13-17,37H2,1-3H3,(H,39,41)/b38-23+/t18-,19?,22-,25?,27?,30?,31?,32+/m0/s1. The van der Waals surface area contributed by atoms with Gasteiger partial charge in [-0.05, 0) is 32.3 Å². The molecule has 268 valence electrons. The van der Waals surface area contributed by atoms with Crippen LogP contribution in [0.5, 0.6) is 5.75 Å². The second-order valence-electron chi connectivity index (χ2n) is 13.5. The van der Waals surface area contributed by atoms with Crippen LogP contribution in [-0.4, -0.2) is 88.0 Å². The molecule has 13 nitrogen and oxygen atoms in total. The molecule has 3 aliphatic carbocycles. The van der Waals surface area contributed by atoms with E-state index in [1.54, 1.807) is 19.1 Å². The smallest absolute Gasteiger partial charge is 0.240 e. The van der Waals surface area contributed by atoms with E-state index in [1.165, 1.54) is 13.2 Å². The summed E-state index contributed by atoms with van der Waals surface area (Å²) in [5.74, 6) is -5.41. The highest BCUT2D eigenvalue weighted by Gasteiger charge is 2.54. The number of carbonyl (C=O) groups excluding carboxylic acids is 3. The molecule has 1 saturated carbocycles. The number of hydrogen-bond acceptors (Lipinski definition) is 12. The van der Waals surface area contributed by atoms with E-state index in [9.17, 15) is 34.8 Å².